The Bertz CT molecular complexity index is 983. The van der Waals surface area contributed by atoms with E-state index >= 15 is 0 Å². The van der Waals surface area contributed by atoms with Gasteiger partial charge in [0.2, 0.25) is 5.91 Å². The molecule has 0 unspecified atom stereocenters. The number of nitrogens with zero attached hydrogens (tertiary/aromatic N) is 3. The van der Waals surface area contributed by atoms with Gasteiger partial charge in [-0.1, -0.05) is 12.1 Å². The van der Waals surface area contributed by atoms with Gasteiger partial charge in [-0.3, -0.25) is 4.79 Å². The molecule has 0 spiro atoms. The number of amidine groups is 1. The van der Waals surface area contributed by atoms with E-state index in [4.69, 9.17) is 14.5 Å². The molecule has 150 valence electrons. The number of rotatable bonds is 2. The molecule has 6 nitrogen and oxygen atoms in total. The molecule has 2 aliphatic heterocycles. The van der Waals surface area contributed by atoms with Crippen molar-refractivity contribution in [3.05, 3.63) is 48.0 Å². The van der Waals surface area contributed by atoms with Crippen molar-refractivity contribution in [3.8, 4) is 17.2 Å². The first-order valence-electron chi connectivity index (χ1n) is 10.2. The van der Waals surface area contributed by atoms with Crippen LogP contribution in [0.1, 0.15) is 25.3 Å². The molecule has 1 aliphatic carbocycles. The van der Waals surface area contributed by atoms with Crippen LogP contribution in [0.5, 0.6) is 17.2 Å². The molecule has 2 aromatic carbocycles. The van der Waals surface area contributed by atoms with E-state index in [1.54, 1.807) is 7.11 Å². The summed E-state index contributed by atoms with van der Waals surface area (Å²) in [5.41, 5.74) is 1.72. The topological polar surface area (TPSA) is 54.4 Å². The van der Waals surface area contributed by atoms with Gasteiger partial charge >= 0.3 is 0 Å². The van der Waals surface area contributed by atoms with Crippen molar-refractivity contribution >= 4 is 17.4 Å². The lowest BCUT2D eigenvalue weighted by molar-refractivity contribution is -0.136. The smallest absolute Gasteiger partial charge is 0.226 e. The van der Waals surface area contributed by atoms with Crippen molar-refractivity contribution in [3.63, 3.8) is 0 Å². The minimum Gasteiger partial charge on any atom is -0.497 e. The maximum Gasteiger partial charge on any atom is 0.226 e. The average molecular weight is 391 g/mol. The molecule has 1 atom stereocenters. The Morgan fingerprint density at radius 3 is 2.72 bits per heavy atom. The summed E-state index contributed by atoms with van der Waals surface area (Å²) in [6, 6.07) is 13.8. The number of benzene rings is 2. The van der Waals surface area contributed by atoms with E-state index < -0.39 is 0 Å². The van der Waals surface area contributed by atoms with Crippen molar-refractivity contribution < 1.29 is 14.3 Å². The number of hydrogen-bond donors (Lipinski definition) is 0. The van der Waals surface area contributed by atoms with Crippen LogP contribution >= 0.6 is 0 Å². The fraction of sp³-hybridized carbons (Fsp3) is 0.391. The Morgan fingerprint density at radius 1 is 1.14 bits per heavy atom. The van der Waals surface area contributed by atoms with Crippen molar-refractivity contribution in [2.24, 2.45) is 10.9 Å². The van der Waals surface area contributed by atoms with Crippen molar-refractivity contribution in [2.45, 2.75) is 25.8 Å². The first-order valence-corrected chi connectivity index (χ1v) is 10.2. The number of fused-ring (bicyclic) bond motifs is 2. The van der Waals surface area contributed by atoms with E-state index in [0.29, 0.717) is 5.91 Å². The first kappa shape index (κ1) is 18.0. The maximum absolute atomic E-state index is 12.6. The van der Waals surface area contributed by atoms with Gasteiger partial charge in [0.1, 0.15) is 23.0 Å². The Balaban J connectivity index is 1.51. The van der Waals surface area contributed by atoms with E-state index in [-0.39, 0.29) is 12.0 Å². The second kappa shape index (κ2) is 7.10. The second-order valence-corrected chi connectivity index (χ2v) is 7.97. The van der Waals surface area contributed by atoms with Crippen LogP contribution in [0.2, 0.25) is 0 Å². The predicted octanol–water partition coefficient (Wildman–Crippen LogP) is 3.82. The summed E-state index contributed by atoms with van der Waals surface area (Å²) >= 11 is 0. The highest BCUT2D eigenvalue weighted by molar-refractivity contribution is 6.04. The molecule has 1 saturated carbocycles. The predicted molar refractivity (Wildman–Crippen MR) is 111 cm³/mol. The van der Waals surface area contributed by atoms with Gasteiger partial charge < -0.3 is 19.3 Å². The normalized spacial score (nSPS) is 20.8. The van der Waals surface area contributed by atoms with Crippen LogP contribution in [-0.4, -0.2) is 54.3 Å². The molecule has 2 aromatic rings. The average Bonchev–Trinajstić information content (AvgIpc) is 3.59. The zero-order valence-electron chi connectivity index (χ0n) is 16.8. The summed E-state index contributed by atoms with van der Waals surface area (Å²) in [7, 11) is 1.66. The third-order valence-electron chi connectivity index (χ3n) is 5.88. The van der Waals surface area contributed by atoms with Crippen molar-refractivity contribution in [2.75, 3.05) is 26.7 Å². The maximum atomic E-state index is 12.6. The van der Waals surface area contributed by atoms with E-state index in [1.807, 2.05) is 47.4 Å². The fourth-order valence-corrected chi connectivity index (χ4v) is 4.11. The number of para-hydroxylation sites is 2. The minimum absolute atomic E-state index is 0.146. The van der Waals surface area contributed by atoms with Crippen LogP contribution in [0, 0.1) is 5.92 Å². The SMILES string of the molecule is COc1ccc2c(c1)C(N1CCN(C(=O)C3CC3)[C@H](C)C1)=Nc1ccccc1O2. The Morgan fingerprint density at radius 2 is 1.97 bits per heavy atom. The van der Waals surface area contributed by atoms with Crippen LogP contribution in [0.3, 0.4) is 0 Å². The Kier molecular flexibility index (Phi) is 4.42. The number of methoxy groups -OCH3 is 1. The fourth-order valence-electron chi connectivity index (χ4n) is 4.11. The standard InChI is InChI=1S/C23H25N3O3/c1-15-14-25(11-12-26(15)23(27)16-7-8-16)22-18-13-17(28-2)9-10-20(18)29-21-6-4-3-5-19(21)24-22/h3-6,9-10,13,15-16H,7-8,11-12,14H2,1-2H3/t15-/m1/s1. The quantitative estimate of drug-likeness (QED) is 0.781. The highest BCUT2D eigenvalue weighted by Crippen LogP contribution is 2.39. The van der Waals surface area contributed by atoms with Gasteiger partial charge in [-0.05, 0) is 50.1 Å². The number of ether oxygens (including phenoxy) is 2. The first-order chi connectivity index (χ1) is 14.1. The zero-order valence-corrected chi connectivity index (χ0v) is 16.8. The van der Waals surface area contributed by atoms with Gasteiger partial charge in [0.15, 0.2) is 5.75 Å². The summed E-state index contributed by atoms with van der Waals surface area (Å²) in [4.78, 5) is 21.9. The third-order valence-corrected chi connectivity index (χ3v) is 5.88. The van der Waals surface area contributed by atoms with Gasteiger partial charge in [0, 0.05) is 31.6 Å². The minimum atomic E-state index is 0.146. The van der Waals surface area contributed by atoms with Crippen LogP contribution < -0.4 is 9.47 Å². The lowest BCUT2D eigenvalue weighted by Crippen LogP contribution is -2.56. The molecule has 0 bridgehead atoms. The largest absolute Gasteiger partial charge is 0.497 e. The van der Waals surface area contributed by atoms with Gasteiger partial charge in [0.25, 0.3) is 0 Å². The molecule has 29 heavy (non-hydrogen) atoms. The summed E-state index contributed by atoms with van der Waals surface area (Å²) < 4.78 is 11.6. The van der Waals surface area contributed by atoms with Gasteiger partial charge in [0.05, 0.1) is 12.7 Å². The van der Waals surface area contributed by atoms with Crippen molar-refractivity contribution in [1.82, 2.24) is 9.80 Å². The summed E-state index contributed by atoms with van der Waals surface area (Å²) in [6.07, 6.45) is 2.08. The third kappa shape index (κ3) is 3.33. The second-order valence-electron chi connectivity index (χ2n) is 7.97. The summed E-state index contributed by atoms with van der Waals surface area (Å²) in [5.74, 6) is 3.71. The number of aliphatic imine (C=N–C) groups is 1. The molecular weight excluding hydrogens is 366 g/mol. The van der Waals surface area contributed by atoms with Gasteiger partial charge in [-0.15, -0.1) is 0 Å². The van der Waals surface area contributed by atoms with Crippen molar-refractivity contribution in [1.29, 1.82) is 0 Å². The molecule has 1 saturated heterocycles. The van der Waals surface area contributed by atoms with E-state index in [2.05, 4.69) is 11.8 Å². The lowest BCUT2D eigenvalue weighted by atomic mass is 10.1. The summed E-state index contributed by atoms with van der Waals surface area (Å²) in [6.45, 7) is 4.34. The molecular formula is C23H25N3O3. The molecule has 6 heteroatoms. The number of carbonyl (C=O) groups excluding carboxylic acids is 1. The molecule has 2 heterocycles. The Labute approximate surface area is 170 Å². The van der Waals surface area contributed by atoms with Crippen LogP contribution in [0.15, 0.2) is 47.5 Å². The van der Waals surface area contributed by atoms with Crippen LogP contribution in [-0.2, 0) is 4.79 Å². The van der Waals surface area contributed by atoms with E-state index in [1.165, 1.54) is 0 Å². The molecule has 1 amide bonds. The highest BCUT2D eigenvalue weighted by Gasteiger charge is 2.38. The molecule has 3 aliphatic rings. The number of piperazine rings is 1. The van der Waals surface area contributed by atoms with Crippen LogP contribution in [0.25, 0.3) is 0 Å². The van der Waals surface area contributed by atoms with E-state index in [9.17, 15) is 4.79 Å². The number of hydrogen-bond acceptors (Lipinski definition) is 5. The molecule has 0 aromatic heterocycles. The lowest BCUT2D eigenvalue weighted by Gasteiger charge is -2.41. The van der Waals surface area contributed by atoms with Crippen LogP contribution in [0.4, 0.5) is 5.69 Å². The highest BCUT2D eigenvalue weighted by atomic mass is 16.5. The van der Waals surface area contributed by atoms with Gasteiger partial charge in [-0.2, -0.15) is 0 Å². The van der Waals surface area contributed by atoms with Gasteiger partial charge in [-0.25, -0.2) is 4.99 Å². The molecule has 0 N–H and O–H groups in total. The molecule has 5 rings (SSSR count). The monoisotopic (exact) mass is 391 g/mol. The number of carbonyl (C=O) groups is 1. The number of amides is 1. The Hall–Kier alpha value is -3.02. The molecule has 0 radical (unpaired) electrons. The zero-order chi connectivity index (χ0) is 20.0. The van der Waals surface area contributed by atoms with E-state index in [0.717, 1.165) is 66.8 Å². The molecule has 2 fully saturated rings. The summed E-state index contributed by atoms with van der Waals surface area (Å²) in [5, 5.41) is 0.